The van der Waals surface area contributed by atoms with Crippen LogP contribution in [0.5, 0.6) is 0 Å². The van der Waals surface area contributed by atoms with Crippen LogP contribution in [-0.2, 0) is 11.3 Å². The maximum Gasteiger partial charge on any atom is 0.242 e. The van der Waals surface area contributed by atoms with Gasteiger partial charge in [0.25, 0.3) is 0 Å². The number of piperazine rings is 1. The average Bonchev–Trinajstić information content (AvgIpc) is 2.57. The number of carbonyl (C=O) groups is 2. The van der Waals surface area contributed by atoms with Crippen molar-refractivity contribution in [1.29, 1.82) is 0 Å². The van der Waals surface area contributed by atoms with Crippen LogP contribution in [0.3, 0.4) is 0 Å². The fourth-order valence-corrected chi connectivity index (χ4v) is 2.71. The predicted molar refractivity (Wildman–Crippen MR) is 88.3 cm³/mol. The van der Waals surface area contributed by atoms with Gasteiger partial charge in [0.1, 0.15) is 11.6 Å². The van der Waals surface area contributed by atoms with E-state index in [1.165, 1.54) is 25.3 Å². The second-order valence-electron chi connectivity index (χ2n) is 5.83. The fourth-order valence-electron chi connectivity index (χ4n) is 2.71. The molecule has 24 heavy (non-hydrogen) atoms. The van der Waals surface area contributed by atoms with E-state index in [4.69, 9.17) is 0 Å². The fraction of sp³-hybridized carbons (Fsp3) is 0.278. The Morgan fingerprint density at radius 2 is 2.08 bits per heavy atom. The van der Waals surface area contributed by atoms with E-state index in [-0.39, 0.29) is 24.1 Å². The van der Waals surface area contributed by atoms with Gasteiger partial charge in [0.05, 0.1) is 6.54 Å². The van der Waals surface area contributed by atoms with Crippen LogP contribution in [0.4, 0.5) is 10.2 Å². The van der Waals surface area contributed by atoms with Gasteiger partial charge in [0.15, 0.2) is 5.78 Å². The van der Waals surface area contributed by atoms with Crippen molar-refractivity contribution in [3.8, 4) is 0 Å². The first kappa shape index (κ1) is 16.1. The number of hydrogen-bond acceptors (Lipinski definition) is 4. The van der Waals surface area contributed by atoms with Crippen molar-refractivity contribution in [3.63, 3.8) is 0 Å². The number of pyridine rings is 1. The number of ketones is 1. The molecule has 1 aromatic heterocycles. The molecule has 1 aromatic carbocycles. The number of benzene rings is 1. The summed E-state index contributed by atoms with van der Waals surface area (Å²) in [6.07, 6.45) is 1.53. The van der Waals surface area contributed by atoms with Crippen LogP contribution in [0.15, 0.2) is 42.6 Å². The normalized spacial score (nSPS) is 14.8. The zero-order chi connectivity index (χ0) is 17.1. The van der Waals surface area contributed by atoms with Crippen LogP contribution in [0.2, 0.25) is 0 Å². The maximum atomic E-state index is 13.2. The number of hydrogen-bond donors (Lipinski definition) is 0. The lowest BCUT2D eigenvalue weighted by atomic mass is 10.2. The van der Waals surface area contributed by atoms with Crippen LogP contribution in [0.25, 0.3) is 0 Å². The molecule has 0 saturated carbocycles. The molecule has 3 rings (SSSR count). The van der Waals surface area contributed by atoms with Crippen molar-refractivity contribution in [2.45, 2.75) is 13.5 Å². The van der Waals surface area contributed by atoms with Gasteiger partial charge in [-0.3, -0.25) is 9.59 Å². The standard InChI is InChI=1S/C18H18FN3O2/c1-13(23)15-5-6-17(20-10-15)21-7-8-22(18(24)12-21)11-14-3-2-4-16(19)9-14/h2-6,9-10H,7-8,11-12H2,1H3. The SMILES string of the molecule is CC(=O)c1ccc(N2CCN(Cc3cccc(F)c3)C(=O)C2)nc1. The summed E-state index contributed by atoms with van der Waals surface area (Å²) in [6.45, 7) is 3.31. The van der Waals surface area contributed by atoms with E-state index in [9.17, 15) is 14.0 Å². The monoisotopic (exact) mass is 327 g/mol. The number of nitrogens with zero attached hydrogens (tertiary/aromatic N) is 3. The molecule has 0 aliphatic carbocycles. The summed E-state index contributed by atoms with van der Waals surface area (Å²) >= 11 is 0. The van der Waals surface area contributed by atoms with Crippen molar-refractivity contribution >= 4 is 17.5 Å². The summed E-state index contributed by atoms with van der Waals surface area (Å²) < 4.78 is 13.2. The lowest BCUT2D eigenvalue weighted by Gasteiger charge is -2.35. The number of aromatic nitrogens is 1. The molecule has 1 saturated heterocycles. The summed E-state index contributed by atoms with van der Waals surface area (Å²) in [5, 5.41) is 0. The molecule has 0 bridgehead atoms. The summed E-state index contributed by atoms with van der Waals surface area (Å²) in [5.74, 6) is 0.320. The van der Waals surface area contributed by atoms with Gasteiger partial charge in [-0.25, -0.2) is 9.37 Å². The van der Waals surface area contributed by atoms with Gasteiger partial charge in [0, 0.05) is 31.4 Å². The Balaban J connectivity index is 1.64. The van der Waals surface area contributed by atoms with Crippen LogP contribution in [0, 0.1) is 5.82 Å². The molecule has 1 aliphatic rings. The Bertz CT molecular complexity index is 761. The largest absolute Gasteiger partial charge is 0.346 e. The molecule has 0 unspecified atom stereocenters. The number of amides is 1. The first-order valence-corrected chi connectivity index (χ1v) is 7.77. The van der Waals surface area contributed by atoms with E-state index < -0.39 is 0 Å². The minimum Gasteiger partial charge on any atom is -0.346 e. The third-order valence-electron chi connectivity index (χ3n) is 4.06. The van der Waals surface area contributed by atoms with E-state index in [0.717, 1.165) is 5.56 Å². The second kappa shape index (κ2) is 6.78. The van der Waals surface area contributed by atoms with Crippen molar-refractivity contribution in [1.82, 2.24) is 9.88 Å². The Labute approximate surface area is 139 Å². The second-order valence-corrected chi connectivity index (χ2v) is 5.83. The molecule has 1 aliphatic heterocycles. The van der Waals surface area contributed by atoms with Crippen molar-refractivity contribution in [2.24, 2.45) is 0 Å². The molecular weight excluding hydrogens is 309 g/mol. The van der Waals surface area contributed by atoms with E-state index >= 15 is 0 Å². The topological polar surface area (TPSA) is 53.5 Å². The van der Waals surface area contributed by atoms with Gasteiger partial charge < -0.3 is 9.80 Å². The van der Waals surface area contributed by atoms with Crippen LogP contribution in [-0.4, -0.2) is 41.2 Å². The van der Waals surface area contributed by atoms with Gasteiger partial charge in [-0.2, -0.15) is 0 Å². The van der Waals surface area contributed by atoms with Gasteiger partial charge in [0.2, 0.25) is 5.91 Å². The highest BCUT2D eigenvalue weighted by Gasteiger charge is 2.24. The Kier molecular flexibility index (Phi) is 4.55. The third-order valence-corrected chi connectivity index (χ3v) is 4.06. The van der Waals surface area contributed by atoms with Crippen molar-refractivity contribution in [3.05, 3.63) is 59.5 Å². The van der Waals surface area contributed by atoms with Gasteiger partial charge in [-0.15, -0.1) is 0 Å². The molecular formula is C18H18FN3O2. The minimum absolute atomic E-state index is 0.0250. The quantitative estimate of drug-likeness (QED) is 0.809. The number of halogens is 1. The van der Waals surface area contributed by atoms with E-state index in [0.29, 0.717) is 31.0 Å². The Morgan fingerprint density at radius 1 is 1.25 bits per heavy atom. The summed E-state index contributed by atoms with van der Waals surface area (Å²) in [7, 11) is 0. The average molecular weight is 327 g/mol. The van der Waals surface area contributed by atoms with Gasteiger partial charge >= 0.3 is 0 Å². The highest BCUT2D eigenvalue weighted by Crippen LogP contribution is 2.17. The zero-order valence-electron chi connectivity index (χ0n) is 13.4. The molecule has 0 spiro atoms. The van der Waals surface area contributed by atoms with Gasteiger partial charge in [-0.1, -0.05) is 12.1 Å². The van der Waals surface area contributed by atoms with E-state index in [2.05, 4.69) is 4.98 Å². The molecule has 0 atom stereocenters. The first-order valence-electron chi connectivity index (χ1n) is 7.77. The summed E-state index contributed by atoms with van der Waals surface area (Å²) in [6, 6.07) is 9.76. The van der Waals surface area contributed by atoms with Crippen LogP contribution >= 0.6 is 0 Å². The zero-order valence-corrected chi connectivity index (χ0v) is 13.4. The summed E-state index contributed by atoms with van der Waals surface area (Å²) in [5.41, 5.74) is 1.33. The van der Waals surface area contributed by atoms with Gasteiger partial charge in [-0.05, 0) is 36.8 Å². The lowest BCUT2D eigenvalue weighted by Crippen LogP contribution is -2.50. The van der Waals surface area contributed by atoms with Crippen LogP contribution in [0.1, 0.15) is 22.8 Å². The highest BCUT2D eigenvalue weighted by molar-refractivity contribution is 5.94. The third kappa shape index (κ3) is 3.59. The molecule has 124 valence electrons. The van der Waals surface area contributed by atoms with Crippen LogP contribution < -0.4 is 4.90 Å². The Hall–Kier alpha value is -2.76. The molecule has 5 nitrogen and oxygen atoms in total. The number of Topliss-reactive ketones (excluding diaryl/α,β-unsaturated/α-hetero) is 1. The predicted octanol–water partition coefficient (Wildman–Crippen LogP) is 2.27. The van der Waals surface area contributed by atoms with Crippen molar-refractivity contribution in [2.75, 3.05) is 24.5 Å². The van der Waals surface area contributed by atoms with Crippen molar-refractivity contribution < 1.29 is 14.0 Å². The molecule has 6 heteroatoms. The highest BCUT2D eigenvalue weighted by atomic mass is 19.1. The molecule has 1 amide bonds. The minimum atomic E-state index is -0.298. The number of carbonyl (C=O) groups excluding carboxylic acids is 2. The maximum absolute atomic E-state index is 13.2. The van der Waals surface area contributed by atoms with E-state index in [1.54, 1.807) is 23.1 Å². The number of anilines is 1. The first-order chi connectivity index (χ1) is 11.5. The molecule has 2 aromatic rings. The molecule has 1 fully saturated rings. The lowest BCUT2D eigenvalue weighted by molar-refractivity contribution is -0.131. The molecule has 0 N–H and O–H groups in total. The summed E-state index contributed by atoms with van der Waals surface area (Å²) in [4.78, 5) is 31.5. The van der Waals surface area contributed by atoms with E-state index in [1.807, 2.05) is 11.0 Å². The molecule has 0 radical (unpaired) electrons. The molecule has 2 heterocycles. The number of rotatable bonds is 4. The smallest absolute Gasteiger partial charge is 0.242 e. The Morgan fingerprint density at radius 3 is 2.71 bits per heavy atom.